The fourth-order valence-corrected chi connectivity index (χ4v) is 2.60. The van der Waals surface area contributed by atoms with Crippen molar-refractivity contribution in [3.8, 4) is 17.2 Å². The van der Waals surface area contributed by atoms with Gasteiger partial charge in [-0.3, -0.25) is 0 Å². The molecule has 0 aromatic heterocycles. The second-order valence-corrected chi connectivity index (χ2v) is 6.09. The molecule has 2 aromatic rings. The number of rotatable bonds is 4. The van der Waals surface area contributed by atoms with E-state index in [-0.39, 0.29) is 6.04 Å². The van der Waals surface area contributed by atoms with E-state index in [1.165, 1.54) is 0 Å². The van der Waals surface area contributed by atoms with Crippen LogP contribution in [0.1, 0.15) is 18.5 Å². The molecular formula is C15H15Br2NO2. The van der Waals surface area contributed by atoms with Gasteiger partial charge in [0.25, 0.3) is 0 Å². The predicted molar refractivity (Wildman–Crippen MR) is 87.5 cm³/mol. The average molecular weight is 401 g/mol. The Hall–Kier alpha value is -1.04. The van der Waals surface area contributed by atoms with Gasteiger partial charge in [0.05, 0.1) is 16.1 Å². The van der Waals surface area contributed by atoms with Crippen LogP contribution in [-0.4, -0.2) is 7.11 Å². The Morgan fingerprint density at radius 2 is 1.55 bits per heavy atom. The van der Waals surface area contributed by atoms with Gasteiger partial charge in [0.15, 0.2) is 0 Å². The summed E-state index contributed by atoms with van der Waals surface area (Å²) in [4.78, 5) is 0. The molecular weight excluding hydrogens is 386 g/mol. The lowest BCUT2D eigenvalue weighted by atomic mass is 10.1. The first kappa shape index (κ1) is 15.4. The summed E-state index contributed by atoms with van der Waals surface area (Å²) in [5, 5.41) is 0. The maximum atomic E-state index is 5.85. The van der Waals surface area contributed by atoms with Gasteiger partial charge < -0.3 is 15.2 Å². The molecule has 2 N–H and O–H groups in total. The second-order valence-electron chi connectivity index (χ2n) is 4.38. The van der Waals surface area contributed by atoms with E-state index < -0.39 is 0 Å². The Morgan fingerprint density at radius 1 is 1.00 bits per heavy atom. The molecule has 0 unspecified atom stereocenters. The van der Waals surface area contributed by atoms with Crippen LogP contribution in [-0.2, 0) is 0 Å². The molecule has 0 spiro atoms. The monoisotopic (exact) mass is 399 g/mol. The Balaban J connectivity index is 2.23. The molecule has 20 heavy (non-hydrogen) atoms. The van der Waals surface area contributed by atoms with Gasteiger partial charge in [-0.05, 0) is 68.6 Å². The molecule has 106 valence electrons. The smallest absolute Gasteiger partial charge is 0.143 e. The zero-order chi connectivity index (χ0) is 14.7. The first-order chi connectivity index (χ1) is 9.51. The van der Waals surface area contributed by atoms with Crippen molar-refractivity contribution >= 4 is 31.9 Å². The van der Waals surface area contributed by atoms with Crippen molar-refractivity contribution in [3.63, 3.8) is 0 Å². The van der Waals surface area contributed by atoms with Crippen molar-refractivity contribution in [1.82, 2.24) is 0 Å². The lowest BCUT2D eigenvalue weighted by Gasteiger charge is -2.12. The zero-order valence-corrected chi connectivity index (χ0v) is 14.4. The largest absolute Gasteiger partial charge is 0.496 e. The molecule has 0 amide bonds. The molecule has 0 aliphatic heterocycles. The zero-order valence-electron chi connectivity index (χ0n) is 11.2. The topological polar surface area (TPSA) is 44.5 Å². The molecule has 0 radical (unpaired) electrons. The number of hydrogen-bond donors (Lipinski definition) is 1. The van der Waals surface area contributed by atoms with Crippen LogP contribution >= 0.6 is 31.9 Å². The SMILES string of the molecule is COc1cc(Br)c(Oc2ccc([C@@H](C)N)cc2)cc1Br. The minimum absolute atomic E-state index is 0.0194. The number of methoxy groups -OCH3 is 1. The van der Waals surface area contributed by atoms with Crippen molar-refractivity contribution < 1.29 is 9.47 Å². The second kappa shape index (κ2) is 6.61. The molecule has 5 heteroatoms. The third kappa shape index (κ3) is 3.53. The first-order valence-corrected chi connectivity index (χ1v) is 7.66. The van der Waals surface area contributed by atoms with E-state index >= 15 is 0 Å². The highest BCUT2D eigenvalue weighted by Crippen LogP contribution is 2.38. The van der Waals surface area contributed by atoms with Gasteiger partial charge in [0, 0.05) is 6.04 Å². The number of ether oxygens (including phenoxy) is 2. The van der Waals surface area contributed by atoms with E-state index in [0.29, 0.717) is 5.75 Å². The van der Waals surface area contributed by atoms with E-state index in [4.69, 9.17) is 15.2 Å². The van der Waals surface area contributed by atoms with Crippen molar-refractivity contribution in [1.29, 1.82) is 0 Å². The van der Waals surface area contributed by atoms with Gasteiger partial charge in [-0.25, -0.2) is 0 Å². The molecule has 2 rings (SSSR count). The summed E-state index contributed by atoms with van der Waals surface area (Å²) >= 11 is 6.91. The normalized spacial score (nSPS) is 12.1. The highest BCUT2D eigenvalue weighted by atomic mass is 79.9. The van der Waals surface area contributed by atoms with Crippen LogP contribution in [0.25, 0.3) is 0 Å². The van der Waals surface area contributed by atoms with Crippen molar-refractivity contribution in [3.05, 3.63) is 50.9 Å². The van der Waals surface area contributed by atoms with Crippen LogP contribution in [0.3, 0.4) is 0 Å². The summed E-state index contributed by atoms with van der Waals surface area (Å²) in [5.74, 6) is 2.22. The van der Waals surface area contributed by atoms with Crippen LogP contribution < -0.4 is 15.2 Å². The van der Waals surface area contributed by atoms with Gasteiger partial charge in [-0.1, -0.05) is 12.1 Å². The van der Waals surface area contributed by atoms with Crippen LogP contribution in [0, 0.1) is 0 Å². The van der Waals surface area contributed by atoms with E-state index in [0.717, 1.165) is 26.0 Å². The molecule has 0 fully saturated rings. The minimum Gasteiger partial charge on any atom is -0.496 e. The molecule has 2 aromatic carbocycles. The van der Waals surface area contributed by atoms with E-state index in [1.54, 1.807) is 7.11 Å². The van der Waals surface area contributed by atoms with Crippen molar-refractivity contribution in [2.75, 3.05) is 7.11 Å². The molecule has 0 heterocycles. The van der Waals surface area contributed by atoms with Crippen LogP contribution in [0.4, 0.5) is 0 Å². The molecule has 1 atom stereocenters. The van der Waals surface area contributed by atoms with Crippen molar-refractivity contribution in [2.24, 2.45) is 5.73 Å². The van der Waals surface area contributed by atoms with Gasteiger partial charge in [-0.15, -0.1) is 0 Å². The average Bonchev–Trinajstić information content (AvgIpc) is 2.43. The van der Waals surface area contributed by atoms with E-state index in [2.05, 4.69) is 31.9 Å². The molecule has 0 aliphatic rings. The summed E-state index contributed by atoms with van der Waals surface area (Å²) < 4.78 is 12.7. The standard InChI is InChI=1S/C15H15Br2NO2/c1-9(18)10-3-5-11(6-4-10)20-15-8-12(16)14(19-2)7-13(15)17/h3-9H,18H2,1-2H3/t9-/m1/s1. The number of hydrogen-bond acceptors (Lipinski definition) is 3. The Morgan fingerprint density at radius 3 is 2.10 bits per heavy atom. The van der Waals surface area contributed by atoms with E-state index in [1.807, 2.05) is 43.3 Å². The first-order valence-electron chi connectivity index (χ1n) is 6.07. The minimum atomic E-state index is 0.0194. The highest BCUT2D eigenvalue weighted by molar-refractivity contribution is 9.11. The number of nitrogens with two attached hydrogens (primary N) is 1. The van der Waals surface area contributed by atoms with Gasteiger partial charge in [0.2, 0.25) is 0 Å². The third-order valence-corrected chi connectivity index (χ3v) is 4.08. The Bertz CT molecular complexity index is 598. The maximum Gasteiger partial charge on any atom is 0.143 e. The summed E-state index contributed by atoms with van der Waals surface area (Å²) in [6.45, 7) is 1.95. The summed E-state index contributed by atoms with van der Waals surface area (Å²) in [7, 11) is 1.62. The number of halogens is 2. The maximum absolute atomic E-state index is 5.85. The highest BCUT2D eigenvalue weighted by Gasteiger charge is 2.09. The summed E-state index contributed by atoms with van der Waals surface area (Å²) in [6, 6.07) is 11.5. The van der Waals surface area contributed by atoms with Crippen LogP contribution in [0.5, 0.6) is 17.2 Å². The molecule has 3 nitrogen and oxygen atoms in total. The predicted octanol–water partition coefficient (Wildman–Crippen LogP) is 5.03. The Kier molecular flexibility index (Phi) is 5.07. The van der Waals surface area contributed by atoms with Gasteiger partial charge in [-0.2, -0.15) is 0 Å². The fraction of sp³-hybridized carbons (Fsp3) is 0.200. The summed E-state index contributed by atoms with van der Waals surface area (Å²) in [5.41, 5.74) is 6.90. The van der Waals surface area contributed by atoms with E-state index in [9.17, 15) is 0 Å². The molecule has 0 bridgehead atoms. The quantitative estimate of drug-likeness (QED) is 0.782. The lowest BCUT2D eigenvalue weighted by Crippen LogP contribution is -2.04. The Labute approximate surface area is 135 Å². The molecule has 0 saturated carbocycles. The fourth-order valence-electron chi connectivity index (χ4n) is 1.71. The third-order valence-electron chi connectivity index (χ3n) is 2.84. The van der Waals surface area contributed by atoms with Gasteiger partial charge >= 0.3 is 0 Å². The molecule has 0 aliphatic carbocycles. The van der Waals surface area contributed by atoms with Crippen LogP contribution in [0.15, 0.2) is 45.3 Å². The number of benzene rings is 2. The lowest BCUT2D eigenvalue weighted by molar-refractivity contribution is 0.409. The van der Waals surface area contributed by atoms with Crippen LogP contribution in [0.2, 0.25) is 0 Å². The summed E-state index contributed by atoms with van der Waals surface area (Å²) in [6.07, 6.45) is 0. The molecule has 0 saturated heterocycles. The van der Waals surface area contributed by atoms with Gasteiger partial charge in [0.1, 0.15) is 17.2 Å². The van der Waals surface area contributed by atoms with Crippen molar-refractivity contribution in [2.45, 2.75) is 13.0 Å².